The highest BCUT2D eigenvalue weighted by Gasteiger charge is 2.26. The second kappa shape index (κ2) is 8.10. The van der Waals surface area contributed by atoms with Gasteiger partial charge in [-0.2, -0.15) is 0 Å². The third-order valence-electron chi connectivity index (χ3n) is 4.62. The number of unbranched alkanes of at least 4 members (excludes halogenated alkanes) is 1. The molecule has 0 heterocycles. The second-order valence-corrected chi connectivity index (χ2v) is 5.66. The van der Waals surface area contributed by atoms with Gasteiger partial charge in [-0.05, 0) is 52.6 Å². The van der Waals surface area contributed by atoms with Crippen LogP contribution >= 0.6 is 0 Å². The van der Waals surface area contributed by atoms with Crippen molar-refractivity contribution in [3.8, 4) is 0 Å². The number of nitrogens with one attached hydrogen (secondary N) is 1. The monoisotopic (exact) mass is 240 g/mol. The number of nitrogens with zero attached hydrogens (tertiary/aromatic N) is 1. The van der Waals surface area contributed by atoms with Gasteiger partial charge in [-0.25, -0.2) is 0 Å². The standard InChI is InChI=1S/C15H32N2/c1-5-7-8-14(6-2)17(4)15-11-9-13(16-3)10-12-15/h13-16H,5-12H2,1-4H3. The molecule has 0 bridgehead atoms. The zero-order chi connectivity index (χ0) is 12.7. The van der Waals surface area contributed by atoms with Gasteiger partial charge < -0.3 is 10.2 Å². The maximum absolute atomic E-state index is 3.42. The predicted molar refractivity (Wildman–Crippen MR) is 76.5 cm³/mol. The highest BCUT2D eigenvalue weighted by atomic mass is 15.2. The van der Waals surface area contributed by atoms with Crippen LogP contribution in [0.1, 0.15) is 65.2 Å². The van der Waals surface area contributed by atoms with Crippen LogP contribution < -0.4 is 5.32 Å². The van der Waals surface area contributed by atoms with Gasteiger partial charge in [0, 0.05) is 18.1 Å². The number of rotatable bonds is 7. The molecule has 17 heavy (non-hydrogen) atoms. The Hall–Kier alpha value is -0.0800. The van der Waals surface area contributed by atoms with Gasteiger partial charge in [-0.1, -0.05) is 26.7 Å². The van der Waals surface area contributed by atoms with Gasteiger partial charge in [0.15, 0.2) is 0 Å². The van der Waals surface area contributed by atoms with Crippen molar-refractivity contribution in [2.75, 3.05) is 14.1 Å². The van der Waals surface area contributed by atoms with Crippen LogP contribution in [0.5, 0.6) is 0 Å². The molecule has 1 aliphatic rings. The van der Waals surface area contributed by atoms with Gasteiger partial charge in [0.2, 0.25) is 0 Å². The summed E-state index contributed by atoms with van der Waals surface area (Å²) in [5, 5.41) is 3.42. The van der Waals surface area contributed by atoms with Gasteiger partial charge in [-0.3, -0.25) is 0 Å². The first kappa shape index (κ1) is 15.0. The summed E-state index contributed by atoms with van der Waals surface area (Å²) in [4.78, 5) is 2.68. The van der Waals surface area contributed by atoms with Crippen LogP contribution in [0, 0.1) is 0 Å². The Bertz CT molecular complexity index is 185. The molecular formula is C15H32N2. The van der Waals surface area contributed by atoms with E-state index < -0.39 is 0 Å². The molecule has 102 valence electrons. The fourth-order valence-electron chi connectivity index (χ4n) is 3.21. The summed E-state index contributed by atoms with van der Waals surface area (Å²) < 4.78 is 0. The fourth-order valence-corrected chi connectivity index (χ4v) is 3.21. The van der Waals surface area contributed by atoms with E-state index in [-0.39, 0.29) is 0 Å². The van der Waals surface area contributed by atoms with Gasteiger partial charge in [-0.15, -0.1) is 0 Å². The molecule has 0 aliphatic heterocycles. The molecule has 0 amide bonds. The smallest absolute Gasteiger partial charge is 0.00962 e. The van der Waals surface area contributed by atoms with Crippen molar-refractivity contribution in [3.05, 3.63) is 0 Å². The molecule has 1 aliphatic carbocycles. The lowest BCUT2D eigenvalue weighted by Gasteiger charge is -2.39. The molecule has 1 atom stereocenters. The summed E-state index contributed by atoms with van der Waals surface area (Å²) >= 11 is 0. The van der Waals surface area contributed by atoms with Crippen LogP contribution in [0.25, 0.3) is 0 Å². The first-order chi connectivity index (χ1) is 8.22. The third kappa shape index (κ3) is 4.59. The van der Waals surface area contributed by atoms with Crippen LogP contribution in [0.15, 0.2) is 0 Å². The Balaban J connectivity index is 2.37. The minimum atomic E-state index is 0.773. The zero-order valence-corrected chi connectivity index (χ0v) is 12.3. The van der Waals surface area contributed by atoms with Crippen molar-refractivity contribution in [2.24, 2.45) is 0 Å². The van der Waals surface area contributed by atoms with E-state index in [1.807, 2.05) is 0 Å². The molecule has 1 N–H and O–H groups in total. The lowest BCUT2D eigenvalue weighted by molar-refractivity contribution is 0.117. The fraction of sp³-hybridized carbons (Fsp3) is 1.00. The van der Waals surface area contributed by atoms with Gasteiger partial charge in [0.1, 0.15) is 0 Å². The van der Waals surface area contributed by atoms with Gasteiger partial charge in [0.25, 0.3) is 0 Å². The van der Waals surface area contributed by atoms with Crippen molar-refractivity contribution in [3.63, 3.8) is 0 Å². The van der Waals surface area contributed by atoms with Crippen LogP contribution in [0.2, 0.25) is 0 Å². The molecule has 0 aromatic heterocycles. The topological polar surface area (TPSA) is 15.3 Å². The van der Waals surface area contributed by atoms with E-state index in [1.54, 1.807) is 0 Å². The van der Waals surface area contributed by atoms with Crippen LogP contribution in [-0.2, 0) is 0 Å². The Morgan fingerprint density at radius 2 is 1.82 bits per heavy atom. The first-order valence-corrected chi connectivity index (χ1v) is 7.62. The summed E-state index contributed by atoms with van der Waals surface area (Å²) in [5.41, 5.74) is 0. The minimum absolute atomic E-state index is 0.773. The molecule has 1 fully saturated rings. The molecule has 0 radical (unpaired) electrons. The summed E-state index contributed by atoms with van der Waals surface area (Å²) in [6.45, 7) is 4.64. The summed E-state index contributed by atoms with van der Waals surface area (Å²) in [5.74, 6) is 0. The third-order valence-corrected chi connectivity index (χ3v) is 4.62. The number of hydrogen-bond acceptors (Lipinski definition) is 2. The molecule has 0 saturated heterocycles. The predicted octanol–water partition coefficient (Wildman–Crippen LogP) is 3.42. The average Bonchev–Trinajstić information content (AvgIpc) is 2.39. The maximum Gasteiger partial charge on any atom is 0.00962 e. The molecule has 0 aromatic rings. The molecule has 0 spiro atoms. The van der Waals surface area contributed by atoms with Crippen molar-refractivity contribution in [2.45, 2.75) is 83.3 Å². The Labute approximate surface area is 108 Å². The molecule has 1 unspecified atom stereocenters. The highest BCUT2D eigenvalue weighted by molar-refractivity contribution is 4.83. The van der Waals surface area contributed by atoms with E-state index in [4.69, 9.17) is 0 Å². The minimum Gasteiger partial charge on any atom is -0.317 e. The molecule has 1 rings (SSSR count). The second-order valence-electron chi connectivity index (χ2n) is 5.66. The van der Waals surface area contributed by atoms with Gasteiger partial charge >= 0.3 is 0 Å². The van der Waals surface area contributed by atoms with Crippen LogP contribution in [0.3, 0.4) is 0 Å². The van der Waals surface area contributed by atoms with Gasteiger partial charge in [0.05, 0.1) is 0 Å². The average molecular weight is 240 g/mol. The highest BCUT2D eigenvalue weighted by Crippen LogP contribution is 2.25. The molecule has 1 saturated carbocycles. The summed E-state index contributed by atoms with van der Waals surface area (Å²) in [6.07, 6.45) is 10.9. The molecule has 2 heteroatoms. The quantitative estimate of drug-likeness (QED) is 0.733. The molecular weight excluding hydrogens is 208 g/mol. The normalized spacial score (nSPS) is 27.4. The lowest BCUT2D eigenvalue weighted by Crippen LogP contribution is -2.44. The SMILES string of the molecule is CCCCC(CC)N(C)C1CCC(NC)CC1. The van der Waals surface area contributed by atoms with E-state index in [9.17, 15) is 0 Å². The Morgan fingerprint density at radius 3 is 2.29 bits per heavy atom. The molecule has 0 aromatic carbocycles. The number of hydrogen-bond donors (Lipinski definition) is 1. The maximum atomic E-state index is 3.42. The molecule has 2 nitrogen and oxygen atoms in total. The summed E-state index contributed by atoms with van der Waals surface area (Å²) in [6, 6.07) is 2.42. The largest absolute Gasteiger partial charge is 0.317 e. The van der Waals surface area contributed by atoms with E-state index >= 15 is 0 Å². The van der Waals surface area contributed by atoms with E-state index in [0.29, 0.717) is 0 Å². The lowest BCUT2D eigenvalue weighted by atomic mass is 9.89. The van der Waals surface area contributed by atoms with E-state index in [1.165, 1.54) is 51.4 Å². The first-order valence-electron chi connectivity index (χ1n) is 7.62. The summed E-state index contributed by atoms with van der Waals surface area (Å²) in [7, 11) is 4.46. The van der Waals surface area contributed by atoms with Crippen molar-refractivity contribution in [1.29, 1.82) is 0 Å². The van der Waals surface area contributed by atoms with E-state index in [2.05, 4.69) is 38.2 Å². The van der Waals surface area contributed by atoms with Crippen LogP contribution in [-0.4, -0.2) is 37.1 Å². The van der Waals surface area contributed by atoms with Crippen molar-refractivity contribution in [1.82, 2.24) is 10.2 Å². The van der Waals surface area contributed by atoms with E-state index in [0.717, 1.165) is 18.1 Å². The Kier molecular flexibility index (Phi) is 7.14. The van der Waals surface area contributed by atoms with Crippen molar-refractivity contribution < 1.29 is 0 Å². The van der Waals surface area contributed by atoms with Crippen LogP contribution in [0.4, 0.5) is 0 Å². The van der Waals surface area contributed by atoms with Crippen molar-refractivity contribution >= 4 is 0 Å². The zero-order valence-electron chi connectivity index (χ0n) is 12.3. The Morgan fingerprint density at radius 1 is 1.18 bits per heavy atom.